The minimum Gasteiger partial charge on any atom is -0.335 e. The largest absolute Gasteiger partial charge is 0.335 e. The molecule has 0 saturated carbocycles. The Kier molecular flexibility index (Phi) is 5.59. The molecule has 28 heavy (non-hydrogen) atoms. The summed E-state index contributed by atoms with van der Waals surface area (Å²) in [5, 5.41) is 0. The molecule has 2 aromatic rings. The second-order valence-electron chi connectivity index (χ2n) is 8.49. The van der Waals surface area contributed by atoms with E-state index in [1.165, 1.54) is 0 Å². The van der Waals surface area contributed by atoms with Gasteiger partial charge in [-0.15, -0.1) is 0 Å². The van der Waals surface area contributed by atoms with Crippen LogP contribution in [-0.2, 0) is 22.6 Å². The van der Waals surface area contributed by atoms with Crippen molar-refractivity contribution in [3.05, 3.63) is 65.7 Å². The van der Waals surface area contributed by atoms with Gasteiger partial charge < -0.3 is 9.80 Å². The molecule has 0 saturated heterocycles. The molecule has 0 bridgehead atoms. The molecule has 0 aliphatic carbocycles. The zero-order chi connectivity index (χ0) is 20.5. The fourth-order valence-electron chi connectivity index (χ4n) is 3.90. The molecule has 0 aromatic heterocycles. The highest BCUT2D eigenvalue weighted by molar-refractivity contribution is 6.12. The van der Waals surface area contributed by atoms with Crippen molar-refractivity contribution in [2.75, 3.05) is 4.90 Å². The van der Waals surface area contributed by atoms with Crippen molar-refractivity contribution < 1.29 is 9.59 Å². The van der Waals surface area contributed by atoms with Crippen LogP contribution in [-0.4, -0.2) is 28.8 Å². The second kappa shape index (κ2) is 7.78. The van der Waals surface area contributed by atoms with Crippen LogP contribution in [0, 0.1) is 5.41 Å². The molecule has 0 radical (unpaired) electrons. The van der Waals surface area contributed by atoms with Crippen molar-refractivity contribution in [3.8, 4) is 0 Å². The number of hydrogen-bond acceptors (Lipinski definition) is 2. The summed E-state index contributed by atoms with van der Waals surface area (Å²) in [6, 6.07) is 18.0. The first-order chi connectivity index (χ1) is 13.2. The van der Waals surface area contributed by atoms with Gasteiger partial charge in [-0.3, -0.25) is 9.59 Å². The SMILES string of the molecule is CC(C)N(Cc1ccccc1)C(=O)C(C)(C)C(=O)N1c2ccccc2CC1C. The van der Waals surface area contributed by atoms with Crippen LogP contribution in [0.1, 0.15) is 45.7 Å². The molecule has 148 valence electrons. The monoisotopic (exact) mass is 378 g/mol. The van der Waals surface area contributed by atoms with E-state index in [1.807, 2.05) is 74.2 Å². The fourth-order valence-corrected chi connectivity index (χ4v) is 3.90. The molecule has 4 heteroatoms. The quantitative estimate of drug-likeness (QED) is 0.722. The first-order valence-corrected chi connectivity index (χ1v) is 10.00. The summed E-state index contributed by atoms with van der Waals surface area (Å²) in [5.41, 5.74) is 2.02. The maximum Gasteiger partial charge on any atom is 0.242 e. The number of anilines is 1. The van der Waals surface area contributed by atoms with Crippen LogP contribution in [0.15, 0.2) is 54.6 Å². The van der Waals surface area contributed by atoms with Crippen molar-refractivity contribution >= 4 is 17.5 Å². The lowest BCUT2D eigenvalue weighted by molar-refractivity contribution is -0.149. The third-order valence-corrected chi connectivity index (χ3v) is 5.58. The van der Waals surface area contributed by atoms with Gasteiger partial charge in [-0.05, 0) is 58.2 Å². The highest BCUT2D eigenvalue weighted by Crippen LogP contribution is 2.36. The van der Waals surface area contributed by atoms with E-state index in [-0.39, 0.29) is 23.9 Å². The lowest BCUT2D eigenvalue weighted by Crippen LogP contribution is -2.53. The smallest absolute Gasteiger partial charge is 0.242 e. The van der Waals surface area contributed by atoms with Gasteiger partial charge in [0.15, 0.2) is 0 Å². The summed E-state index contributed by atoms with van der Waals surface area (Å²) in [6.45, 7) is 10.0. The van der Waals surface area contributed by atoms with Gasteiger partial charge in [-0.1, -0.05) is 48.5 Å². The number of benzene rings is 2. The van der Waals surface area contributed by atoms with E-state index in [0.29, 0.717) is 6.54 Å². The summed E-state index contributed by atoms with van der Waals surface area (Å²) in [5.74, 6) is -0.262. The number of amides is 2. The summed E-state index contributed by atoms with van der Waals surface area (Å²) in [4.78, 5) is 30.7. The minimum atomic E-state index is -1.13. The lowest BCUT2D eigenvalue weighted by atomic mass is 9.88. The predicted octanol–water partition coefficient (Wildman–Crippen LogP) is 4.43. The average molecular weight is 379 g/mol. The summed E-state index contributed by atoms with van der Waals surface area (Å²) >= 11 is 0. The Morgan fingerprint density at radius 3 is 2.32 bits per heavy atom. The zero-order valence-electron chi connectivity index (χ0n) is 17.5. The van der Waals surface area contributed by atoms with Crippen LogP contribution in [0.2, 0.25) is 0 Å². The molecule has 1 unspecified atom stereocenters. The Morgan fingerprint density at radius 1 is 1.07 bits per heavy atom. The molecule has 4 nitrogen and oxygen atoms in total. The van der Waals surface area contributed by atoms with Crippen LogP contribution in [0.5, 0.6) is 0 Å². The van der Waals surface area contributed by atoms with Gasteiger partial charge >= 0.3 is 0 Å². The minimum absolute atomic E-state index is 0.00284. The molecule has 2 aromatic carbocycles. The number of carbonyl (C=O) groups excluding carboxylic acids is 2. The maximum atomic E-state index is 13.5. The molecule has 1 aliphatic heterocycles. The zero-order valence-corrected chi connectivity index (χ0v) is 17.5. The van der Waals surface area contributed by atoms with Gasteiger partial charge in [-0.25, -0.2) is 0 Å². The molecule has 3 rings (SSSR count). The van der Waals surface area contributed by atoms with Gasteiger partial charge in [0.05, 0.1) is 0 Å². The van der Waals surface area contributed by atoms with Crippen molar-refractivity contribution in [3.63, 3.8) is 0 Å². The second-order valence-corrected chi connectivity index (χ2v) is 8.49. The predicted molar refractivity (Wildman–Crippen MR) is 113 cm³/mol. The van der Waals surface area contributed by atoms with Crippen molar-refractivity contribution in [2.45, 2.75) is 59.7 Å². The lowest BCUT2D eigenvalue weighted by Gasteiger charge is -2.37. The summed E-state index contributed by atoms with van der Waals surface area (Å²) < 4.78 is 0. The molecular weight excluding hydrogens is 348 g/mol. The average Bonchev–Trinajstić information content (AvgIpc) is 3.01. The van der Waals surface area contributed by atoms with E-state index < -0.39 is 5.41 Å². The Hall–Kier alpha value is -2.62. The Morgan fingerprint density at radius 2 is 1.68 bits per heavy atom. The van der Waals surface area contributed by atoms with E-state index in [9.17, 15) is 9.59 Å². The van der Waals surface area contributed by atoms with Gasteiger partial charge in [0.25, 0.3) is 0 Å². The summed E-state index contributed by atoms with van der Waals surface area (Å²) in [6.07, 6.45) is 0.824. The van der Waals surface area contributed by atoms with Crippen LogP contribution in [0.4, 0.5) is 5.69 Å². The standard InChI is InChI=1S/C24H30N2O2/c1-17(2)25(16-19-11-7-6-8-12-19)22(27)24(4,5)23(28)26-18(3)15-20-13-9-10-14-21(20)26/h6-14,17-18H,15-16H2,1-5H3. The van der Waals surface area contributed by atoms with Crippen LogP contribution >= 0.6 is 0 Å². The number of nitrogens with zero attached hydrogens (tertiary/aromatic N) is 2. The summed E-state index contributed by atoms with van der Waals surface area (Å²) in [7, 11) is 0. The van der Waals surface area contributed by atoms with Crippen molar-refractivity contribution in [1.29, 1.82) is 0 Å². The van der Waals surface area contributed by atoms with Gasteiger partial charge in [0, 0.05) is 24.3 Å². The molecule has 1 heterocycles. The Balaban J connectivity index is 1.87. The Bertz CT molecular complexity index is 858. The van der Waals surface area contributed by atoms with Crippen LogP contribution < -0.4 is 4.90 Å². The third-order valence-electron chi connectivity index (χ3n) is 5.58. The molecule has 1 atom stereocenters. The number of fused-ring (bicyclic) bond motifs is 1. The van der Waals surface area contributed by atoms with Crippen molar-refractivity contribution in [2.24, 2.45) is 5.41 Å². The number of para-hydroxylation sites is 1. The highest BCUT2D eigenvalue weighted by Gasteiger charge is 2.45. The number of hydrogen-bond donors (Lipinski definition) is 0. The van der Waals surface area contributed by atoms with E-state index >= 15 is 0 Å². The molecular formula is C24H30N2O2. The third kappa shape index (κ3) is 3.68. The molecule has 0 spiro atoms. The molecule has 2 amide bonds. The van der Waals surface area contributed by atoms with Gasteiger partial charge in [0.1, 0.15) is 5.41 Å². The maximum absolute atomic E-state index is 13.5. The van der Waals surface area contributed by atoms with Gasteiger partial charge in [0.2, 0.25) is 11.8 Å². The number of carbonyl (C=O) groups is 2. The number of rotatable bonds is 5. The van der Waals surface area contributed by atoms with E-state index in [2.05, 4.69) is 6.07 Å². The van der Waals surface area contributed by atoms with Crippen molar-refractivity contribution in [1.82, 2.24) is 4.90 Å². The van der Waals surface area contributed by atoms with E-state index in [0.717, 1.165) is 23.2 Å². The Labute approximate surface area is 168 Å². The van der Waals surface area contributed by atoms with Crippen LogP contribution in [0.3, 0.4) is 0 Å². The van der Waals surface area contributed by atoms with E-state index in [1.54, 1.807) is 18.7 Å². The van der Waals surface area contributed by atoms with Gasteiger partial charge in [-0.2, -0.15) is 0 Å². The first-order valence-electron chi connectivity index (χ1n) is 10.00. The molecule has 0 N–H and O–H groups in total. The van der Waals surface area contributed by atoms with Crippen LogP contribution in [0.25, 0.3) is 0 Å². The molecule has 1 aliphatic rings. The normalized spacial score (nSPS) is 16.2. The topological polar surface area (TPSA) is 40.6 Å². The molecule has 0 fully saturated rings. The fraction of sp³-hybridized carbons (Fsp3) is 0.417. The first kappa shape index (κ1) is 20.1. The van der Waals surface area contributed by atoms with E-state index in [4.69, 9.17) is 0 Å². The highest BCUT2D eigenvalue weighted by atomic mass is 16.2.